The Balaban J connectivity index is 2.45. The van der Waals surface area contributed by atoms with E-state index in [2.05, 4.69) is 26.2 Å². The normalized spacial score (nSPS) is 12.3. The maximum absolute atomic E-state index is 9.71. The number of nitrogens with zero attached hydrogens (tertiary/aromatic N) is 3. The van der Waals surface area contributed by atoms with Crippen molar-refractivity contribution in [3.8, 4) is 0 Å². The first-order valence-electron chi connectivity index (χ1n) is 4.67. The highest BCUT2D eigenvalue weighted by molar-refractivity contribution is 9.10. The first-order valence-corrected chi connectivity index (χ1v) is 5.46. The number of hydrogen-bond acceptors (Lipinski definition) is 3. The van der Waals surface area contributed by atoms with Gasteiger partial charge >= 0.3 is 0 Å². The first-order chi connectivity index (χ1) is 6.96. The molecule has 4 nitrogen and oxygen atoms in total. The van der Waals surface area contributed by atoms with E-state index < -0.39 is 5.60 Å². The van der Waals surface area contributed by atoms with Crippen LogP contribution < -0.4 is 0 Å². The first kappa shape index (κ1) is 10.6. The van der Waals surface area contributed by atoms with Crippen LogP contribution in [-0.4, -0.2) is 25.7 Å². The summed E-state index contributed by atoms with van der Waals surface area (Å²) in [5.41, 5.74) is 0.974. The molecule has 1 aromatic carbocycles. The fourth-order valence-corrected chi connectivity index (χ4v) is 1.78. The molecule has 0 bridgehead atoms. The Labute approximate surface area is 96.0 Å². The molecule has 2 rings (SSSR count). The van der Waals surface area contributed by atoms with Crippen LogP contribution >= 0.6 is 15.9 Å². The molecule has 1 aromatic heterocycles. The van der Waals surface area contributed by atoms with E-state index >= 15 is 0 Å². The molecule has 0 radical (unpaired) electrons. The molecule has 2 aromatic rings. The monoisotopic (exact) mass is 269 g/mol. The topological polar surface area (TPSA) is 50.9 Å². The van der Waals surface area contributed by atoms with Gasteiger partial charge in [-0.3, -0.25) is 0 Å². The van der Waals surface area contributed by atoms with Crippen LogP contribution in [0.25, 0.3) is 11.0 Å². The molecule has 1 N–H and O–H groups in total. The third kappa shape index (κ3) is 2.35. The van der Waals surface area contributed by atoms with Crippen molar-refractivity contribution in [1.82, 2.24) is 15.0 Å². The molecule has 1 heterocycles. The molecule has 0 spiro atoms. The van der Waals surface area contributed by atoms with Crippen molar-refractivity contribution >= 4 is 27.0 Å². The van der Waals surface area contributed by atoms with Crippen LogP contribution in [0.5, 0.6) is 0 Å². The van der Waals surface area contributed by atoms with E-state index in [9.17, 15) is 5.11 Å². The van der Waals surface area contributed by atoms with E-state index in [1.807, 2.05) is 18.2 Å². The maximum Gasteiger partial charge on any atom is 0.114 e. The van der Waals surface area contributed by atoms with Crippen molar-refractivity contribution in [3.63, 3.8) is 0 Å². The summed E-state index contributed by atoms with van der Waals surface area (Å²) < 4.78 is 2.69. The van der Waals surface area contributed by atoms with E-state index in [1.54, 1.807) is 18.5 Å². The van der Waals surface area contributed by atoms with E-state index in [0.29, 0.717) is 6.54 Å². The van der Waals surface area contributed by atoms with Gasteiger partial charge in [-0.1, -0.05) is 21.1 Å². The second-order valence-corrected chi connectivity index (χ2v) is 5.11. The van der Waals surface area contributed by atoms with E-state index in [-0.39, 0.29) is 0 Å². The highest BCUT2D eigenvalue weighted by atomic mass is 79.9. The maximum atomic E-state index is 9.71. The lowest BCUT2D eigenvalue weighted by atomic mass is 10.1. The van der Waals surface area contributed by atoms with Crippen LogP contribution in [0.15, 0.2) is 22.7 Å². The Morgan fingerprint density at radius 3 is 2.87 bits per heavy atom. The standard InChI is InChI=1S/C10H12BrN3O/c1-10(2,15)6-14-9-4-3-7(11)5-8(9)12-13-14/h3-5,15H,6H2,1-2H3. The zero-order chi connectivity index (χ0) is 11.1. The fraction of sp³-hybridized carbons (Fsp3) is 0.400. The summed E-state index contributed by atoms with van der Waals surface area (Å²) in [6.07, 6.45) is 0. The summed E-state index contributed by atoms with van der Waals surface area (Å²) in [6.45, 7) is 3.93. The van der Waals surface area contributed by atoms with Crippen molar-refractivity contribution in [1.29, 1.82) is 0 Å². The summed E-state index contributed by atoms with van der Waals surface area (Å²) >= 11 is 3.38. The van der Waals surface area contributed by atoms with Crippen LogP contribution in [0.2, 0.25) is 0 Å². The molecule has 80 valence electrons. The highest BCUT2D eigenvalue weighted by Crippen LogP contribution is 2.18. The lowest BCUT2D eigenvalue weighted by Crippen LogP contribution is -2.26. The van der Waals surface area contributed by atoms with Crippen molar-refractivity contribution in [2.24, 2.45) is 0 Å². The SMILES string of the molecule is CC(C)(O)Cn1nnc2cc(Br)ccc21. The van der Waals surface area contributed by atoms with Crippen molar-refractivity contribution in [3.05, 3.63) is 22.7 Å². The van der Waals surface area contributed by atoms with Gasteiger partial charge in [-0.25, -0.2) is 4.68 Å². The van der Waals surface area contributed by atoms with Gasteiger partial charge in [0, 0.05) is 4.47 Å². The van der Waals surface area contributed by atoms with Crippen molar-refractivity contribution in [2.45, 2.75) is 26.0 Å². The Bertz CT molecular complexity index is 487. The Morgan fingerprint density at radius 2 is 2.20 bits per heavy atom. The quantitative estimate of drug-likeness (QED) is 0.907. The van der Waals surface area contributed by atoms with Gasteiger partial charge in [0.15, 0.2) is 0 Å². The molecule has 0 fully saturated rings. The van der Waals surface area contributed by atoms with Gasteiger partial charge in [0.25, 0.3) is 0 Å². The molecule has 0 aliphatic rings. The van der Waals surface area contributed by atoms with Gasteiger partial charge in [0.05, 0.1) is 17.7 Å². The molecule has 15 heavy (non-hydrogen) atoms. The third-order valence-corrected chi connectivity index (χ3v) is 2.51. The van der Waals surface area contributed by atoms with Gasteiger partial charge in [0.2, 0.25) is 0 Å². The Hall–Kier alpha value is -0.940. The zero-order valence-electron chi connectivity index (χ0n) is 8.61. The smallest absolute Gasteiger partial charge is 0.114 e. The number of rotatable bonds is 2. The number of halogens is 1. The van der Waals surface area contributed by atoms with Crippen LogP contribution in [0.1, 0.15) is 13.8 Å². The van der Waals surface area contributed by atoms with Gasteiger partial charge in [-0.05, 0) is 32.0 Å². The summed E-state index contributed by atoms with van der Waals surface area (Å²) in [5, 5.41) is 17.7. The molecule has 0 saturated heterocycles. The Morgan fingerprint density at radius 1 is 1.47 bits per heavy atom. The molecule has 0 unspecified atom stereocenters. The second kappa shape index (κ2) is 3.57. The van der Waals surface area contributed by atoms with Gasteiger partial charge in [-0.2, -0.15) is 0 Å². The van der Waals surface area contributed by atoms with Gasteiger partial charge in [0.1, 0.15) is 5.52 Å². The van der Waals surface area contributed by atoms with Crippen molar-refractivity contribution in [2.75, 3.05) is 0 Å². The molecular formula is C10H12BrN3O. The predicted octanol–water partition coefficient (Wildman–Crippen LogP) is 1.96. The van der Waals surface area contributed by atoms with Crippen LogP contribution in [0.3, 0.4) is 0 Å². The average Bonchev–Trinajstić information content (AvgIpc) is 2.45. The molecule has 0 atom stereocenters. The molecule has 0 amide bonds. The Kier molecular flexibility index (Phi) is 2.52. The van der Waals surface area contributed by atoms with Crippen LogP contribution in [0.4, 0.5) is 0 Å². The summed E-state index contributed by atoms with van der Waals surface area (Å²) in [7, 11) is 0. The van der Waals surface area contributed by atoms with E-state index in [1.165, 1.54) is 0 Å². The number of aliphatic hydroxyl groups is 1. The van der Waals surface area contributed by atoms with Crippen molar-refractivity contribution < 1.29 is 5.11 Å². The van der Waals surface area contributed by atoms with Crippen LogP contribution in [-0.2, 0) is 6.54 Å². The largest absolute Gasteiger partial charge is 0.389 e. The second-order valence-electron chi connectivity index (χ2n) is 4.19. The highest BCUT2D eigenvalue weighted by Gasteiger charge is 2.16. The van der Waals surface area contributed by atoms with Crippen LogP contribution in [0, 0.1) is 0 Å². The average molecular weight is 270 g/mol. The lowest BCUT2D eigenvalue weighted by Gasteiger charge is -2.16. The van der Waals surface area contributed by atoms with E-state index in [0.717, 1.165) is 15.5 Å². The van der Waals surface area contributed by atoms with Gasteiger partial charge < -0.3 is 5.11 Å². The lowest BCUT2D eigenvalue weighted by molar-refractivity contribution is 0.0585. The van der Waals surface area contributed by atoms with Gasteiger partial charge in [-0.15, -0.1) is 5.10 Å². The minimum absolute atomic E-state index is 0.436. The minimum Gasteiger partial charge on any atom is -0.389 e. The third-order valence-electron chi connectivity index (χ3n) is 2.01. The minimum atomic E-state index is -0.784. The molecule has 0 saturated carbocycles. The van der Waals surface area contributed by atoms with E-state index in [4.69, 9.17) is 0 Å². The summed E-state index contributed by atoms with van der Waals surface area (Å²) in [5.74, 6) is 0. The summed E-state index contributed by atoms with van der Waals surface area (Å²) in [6, 6.07) is 5.78. The predicted molar refractivity (Wildman–Crippen MR) is 61.5 cm³/mol. The number of fused-ring (bicyclic) bond motifs is 1. The molecule has 0 aliphatic heterocycles. The molecule has 5 heteroatoms. The number of aromatic nitrogens is 3. The molecule has 0 aliphatic carbocycles. The number of hydrogen-bond donors (Lipinski definition) is 1. The fourth-order valence-electron chi connectivity index (χ4n) is 1.43. The summed E-state index contributed by atoms with van der Waals surface area (Å²) in [4.78, 5) is 0. The number of benzene rings is 1. The zero-order valence-corrected chi connectivity index (χ0v) is 10.2. The molecular weight excluding hydrogens is 258 g/mol.